The monoisotopic (exact) mass is 464 g/mol. The predicted molar refractivity (Wildman–Crippen MR) is 138 cm³/mol. The second kappa shape index (κ2) is 12.4. The van der Waals surface area contributed by atoms with Gasteiger partial charge in [0.15, 0.2) is 17.3 Å². The normalized spacial score (nSPS) is 12.5. The van der Waals surface area contributed by atoms with Crippen LogP contribution in [0, 0.1) is 0 Å². The first kappa shape index (κ1) is 25.5. The summed E-state index contributed by atoms with van der Waals surface area (Å²) in [6.45, 7) is 7.46. The number of aromatic nitrogens is 1. The zero-order chi connectivity index (χ0) is 24.5. The zero-order valence-electron chi connectivity index (χ0n) is 20.7. The maximum Gasteiger partial charge on any atom is 0.185 e. The van der Waals surface area contributed by atoms with E-state index in [2.05, 4.69) is 23.3 Å². The van der Waals surface area contributed by atoms with Crippen LogP contribution in [-0.2, 0) is 6.54 Å². The molecule has 34 heavy (non-hydrogen) atoms. The molecule has 0 saturated carbocycles. The molecule has 0 aliphatic carbocycles. The summed E-state index contributed by atoms with van der Waals surface area (Å²) >= 11 is 0. The summed E-state index contributed by atoms with van der Waals surface area (Å²) in [4.78, 5) is 15.1. The maximum atomic E-state index is 12.8. The number of ether oxygens (including phenoxy) is 2. The Morgan fingerprint density at radius 1 is 1.06 bits per heavy atom. The van der Waals surface area contributed by atoms with Gasteiger partial charge in [0.2, 0.25) is 0 Å². The van der Waals surface area contributed by atoms with Crippen LogP contribution in [0.15, 0.2) is 54.7 Å². The van der Waals surface area contributed by atoms with E-state index in [-0.39, 0.29) is 5.78 Å². The third-order valence-corrected chi connectivity index (χ3v) is 5.86. The number of benzene rings is 2. The number of carbonyl (C=O) groups excluding carboxylic acids is 1. The van der Waals surface area contributed by atoms with Gasteiger partial charge in [0.25, 0.3) is 0 Å². The minimum atomic E-state index is -0.473. The molecule has 1 aromatic heterocycles. The Bertz CT molecular complexity index is 1110. The standard InChI is InChI=1S/C28H36N2O4/c1-5-15-29(16-6-2)19-23(31)20-30-18-22(24-9-7-8-10-25(24)30)11-13-26(32)21-12-14-27(33-3)28(17-21)34-4/h7-14,17-18,23,31H,5-6,15-16,19-20H2,1-4H3/b13-11+/t23-/m0/s1. The number of allylic oxidation sites excluding steroid dienone is 1. The Morgan fingerprint density at radius 2 is 1.76 bits per heavy atom. The van der Waals surface area contributed by atoms with Gasteiger partial charge in [-0.1, -0.05) is 32.0 Å². The average Bonchev–Trinajstić information content (AvgIpc) is 3.19. The lowest BCUT2D eigenvalue weighted by Gasteiger charge is -2.24. The minimum absolute atomic E-state index is 0.118. The average molecular weight is 465 g/mol. The molecule has 0 bridgehead atoms. The topological polar surface area (TPSA) is 63.9 Å². The molecule has 6 heteroatoms. The van der Waals surface area contributed by atoms with E-state index in [1.165, 1.54) is 0 Å². The second-order valence-electron chi connectivity index (χ2n) is 8.48. The van der Waals surface area contributed by atoms with Crippen molar-refractivity contribution in [3.05, 3.63) is 65.9 Å². The van der Waals surface area contributed by atoms with E-state index in [1.807, 2.05) is 36.5 Å². The van der Waals surface area contributed by atoms with Gasteiger partial charge < -0.3 is 24.0 Å². The first-order chi connectivity index (χ1) is 16.5. The Labute approximate surface area is 202 Å². The van der Waals surface area contributed by atoms with Gasteiger partial charge in [-0.25, -0.2) is 0 Å². The highest BCUT2D eigenvalue weighted by Crippen LogP contribution is 2.28. The molecule has 182 valence electrons. The molecule has 0 spiro atoms. The molecule has 0 saturated heterocycles. The van der Waals surface area contributed by atoms with Crippen LogP contribution in [0.25, 0.3) is 17.0 Å². The fraction of sp³-hybridized carbons (Fsp3) is 0.393. The molecule has 2 aromatic carbocycles. The van der Waals surface area contributed by atoms with Gasteiger partial charge in [-0.2, -0.15) is 0 Å². The molecule has 0 radical (unpaired) electrons. The number of ketones is 1. The van der Waals surface area contributed by atoms with Crippen molar-refractivity contribution in [1.29, 1.82) is 0 Å². The fourth-order valence-corrected chi connectivity index (χ4v) is 4.32. The smallest absolute Gasteiger partial charge is 0.185 e. The largest absolute Gasteiger partial charge is 0.493 e. The summed E-state index contributed by atoms with van der Waals surface area (Å²) in [6.07, 6.45) is 7.10. The molecule has 0 aliphatic rings. The van der Waals surface area contributed by atoms with Crippen molar-refractivity contribution >= 4 is 22.8 Å². The molecule has 0 amide bonds. The summed E-state index contributed by atoms with van der Waals surface area (Å²) in [5.41, 5.74) is 2.51. The summed E-state index contributed by atoms with van der Waals surface area (Å²) in [5, 5.41) is 11.8. The molecule has 1 atom stereocenters. The van der Waals surface area contributed by atoms with Gasteiger partial charge in [0, 0.05) is 41.3 Å². The molecule has 0 unspecified atom stereocenters. The van der Waals surface area contributed by atoms with Crippen molar-refractivity contribution in [2.45, 2.75) is 39.3 Å². The van der Waals surface area contributed by atoms with Crippen LogP contribution in [0.4, 0.5) is 0 Å². The SMILES string of the molecule is CCCN(CCC)C[C@H](O)Cn1cc(/C=C/C(=O)c2ccc(OC)c(OC)c2)c2ccccc21. The predicted octanol–water partition coefficient (Wildman–Crippen LogP) is 5.04. The third kappa shape index (κ3) is 6.27. The molecule has 0 fully saturated rings. The third-order valence-electron chi connectivity index (χ3n) is 5.86. The number of methoxy groups -OCH3 is 2. The lowest BCUT2D eigenvalue weighted by molar-refractivity contribution is 0.0988. The van der Waals surface area contributed by atoms with Crippen molar-refractivity contribution in [3.63, 3.8) is 0 Å². The highest BCUT2D eigenvalue weighted by atomic mass is 16.5. The number of aliphatic hydroxyl groups is 1. The van der Waals surface area contributed by atoms with E-state index in [1.54, 1.807) is 38.5 Å². The Balaban J connectivity index is 1.80. The van der Waals surface area contributed by atoms with Gasteiger partial charge in [0.1, 0.15) is 0 Å². The van der Waals surface area contributed by atoms with Crippen LogP contribution in [0.5, 0.6) is 11.5 Å². The number of para-hydroxylation sites is 1. The van der Waals surface area contributed by atoms with E-state index in [0.29, 0.717) is 30.2 Å². The number of rotatable bonds is 13. The lowest BCUT2D eigenvalue weighted by Crippen LogP contribution is -2.35. The van der Waals surface area contributed by atoms with E-state index < -0.39 is 6.10 Å². The number of hydrogen-bond acceptors (Lipinski definition) is 5. The van der Waals surface area contributed by atoms with Crippen LogP contribution in [0.2, 0.25) is 0 Å². The highest BCUT2D eigenvalue weighted by molar-refractivity contribution is 6.08. The molecule has 6 nitrogen and oxygen atoms in total. The first-order valence-electron chi connectivity index (χ1n) is 11.9. The van der Waals surface area contributed by atoms with Crippen molar-refractivity contribution < 1.29 is 19.4 Å². The van der Waals surface area contributed by atoms with Gasteiger partial charge in [-0.15, -0.1) is 0 Å². The van der Waals surface area contributed by atoms with Gasteiger partial charge >= 0.3 is 0 Å². The number of fused-ring (bicyclic) bond motifs is 1. The Hall–Kier alpha value is -3.09. The van der Waals surface area contributed by atoms with Gasteiger partial charge in [-0.05, 0) is 62.3 Å². The number of hydrogen-bond donors (Lipinski definition) is 1. The zero-order valence-corrected chi connectivity index (χ0v) is 20.7. The molecule has 0 aliphatic heterocycles. The summed E-state index contributed by atoms with van der Waals surface area (Å²) in [6, 6.07) is 13.2. The molecule has 3 aromatic rings. The number of carbonyl (C=O) groups is 1. The van der Waals surface area contributed by atoms with Crippen molar-refractivity contribution in [2.75, 3.05) is 33.9 Å². The van der Waals surface area contributed by atoms with Crippen molar-refractivity contribution in [3.8, 4) is 11.5 Å². The lowest BCUT2D eigenvalue weighted by atomic mass is 10.1. The van der Waals surface area contributed by atoms with Gasteiger partial charge in [-0.3, -0.25) is 4.79 Å². The summed E-state index contributed by atoms with van der Waals surface area (Å²) < 4.78 is 12.6. The number of aliphatic hydroxyl groups excluding tert-OH is 1. The summed E-state index contributed by atoms with van der Waals surface area (Å²) in [7, 11) is 3.12. The van der Waals surface area contributed by atoms with Crippen LogP contribution < -0.4 is 9.47 Å². The quantitative estimate of drug-likeness (QED) is 0.284. The highest BCUT2D eigenvalue weighted by Gasteiger charge is 2.14. The molecule has 1 heterocycles. The fourth-order valence-electron chi connectivity index (χ4n) is 4.32. The first-order valence-corrected chi connectivity index (χ1v) is 11.9. The Kier molecular flexibility index (Phi) is 9.31. The van der Waals surface area contributed by atoms with Crippen LogP contribution in [-0.4, -0.2) is 60.3 Å². The second-order valence-corrected chi connectivity index (χ2v) is 8.48. The van der Waals surface area contributed by atoms with Crippen LogP contribution >= 0.6 is 0 Å². The summed E-state index contributed by atoms with van der Waals surface area (Å²) in [5.74, 6) is 0.987. The van der Waals surface area contributed by atoms with Gasteiger partial charge in [0.05, 0.1) is 20.3 Å². The maximum absolute atomic E-state index is 12.8. The molecular weight excluding hydrogens is 428 g/mol. The Morgan fingerprint density at radius 3 is 2.44 bits per heavy atom. The van der Waals surface area contributed by atoms with Crippen molar-refractivity contribution in [1.82, 2.24) is 9.47 Å². The number of nitrogens with zero attached hydrogens (tertiary/aromatic N) is 2. The molecular formula is C28H36N2O4. The minimum Gasteiger partial charge on any atom is -0.493 e. The van der Waals surface area contributed by atoms with E-state index in [0.717, 1.165) is 42.4 Å². The van der Waals surface area contributed by atoms with Crippen LogP contribution in [0.1, 0.15) is 42.6 Å². The molecule has 1 N–H and O–H groups in total. The van der Waals surface area contributed by atoms with E-state index in [9.17, 15) is 9.90 Å². The van der Waals surface area contributed by atoms with Crippen LogP contribution in [0.3, 0.4) is 0 Å². The van der Waals surface area contributed by atoms with Crippen molar-refractivity contribution in [2.24, 2.45) is 0 Å². The van der Waals surface area contributed by atoms with E-state index in [4.69, 9.17) is 9.47 Å². The van der Waals surface area contributed by atoms with E-state index >= 15 is 0 Å². The molecule has 3 rings (SSSR count).